The molecule has 16 heavy (non-hydrogen) atoms. The molecule has 3 nitrogen and oxygen atoms in total. The highest BCUT2D eigenvalue weighted by Gasteiger charge is 2.44. The Labute approximate surface area is 97.5 Å². The molecular weight excluding hydrogens is 200 g/mol. The minimum atomic E-state index is 0.571. The van der Waals surface area contributed by atoms with Crippen molar-refractivity contribution in [2.75, 3.05) is 13.1 Å². The standard InChI is InChI=1S/C13H22N2O/c16-14-13-10-4-6-11(13)12(7-5-10)15-8-2-1-3-9-15/h10-12,16H,1-9H2/b14-13+/t10-,11-,12+/m0/s1. The zero-order valence-electron chi connectivity index (χ0n) is 9.94. The van der Waals surface area contributed by atoms with Crippen LogP contribution in [0, 0.1) is 11.8 Å². The van der Waals surface area contributed by atoms with Crippen molar-refractivity contribution >= 4 is 5.71 Å². The first-order valence-electron chi connectivity index (χ1n) is 6.86. The van der Waals surface area contributed by atoms with E-state index in [9.17, 15) is 0 Å². The van der Waals surface area contributed by atoms with Gasteiger partial charge in [0.15, 0.2) is 0 Å². The van der Waals surface area contributed by atoms with Crippen LogP contribution in [0.2, 0.25) is 0 Å². The molecule has 1 saturated heterocycles. The molecular formula is C13H22N2O. The predicted octanol–water partition coefficient (Wildman–Crippen LogP) is 2.49. The van der Waals surface area contributed by atoms with E-state index in [2.05, 4.69) is 10.1 Å². The van der Waals surface area contributed by atoms with Crippen molar-refractivity contribution in [3.05, 3.63) is 0 Å². The molecule has 1 heterocycles. The molecule has 1 N–H and O–H groups in total. The number of hydrogen-bond acceptors (Lipinski definition) is 3. The lowest BCUT2D eigenvalue weighted by Crippen LogP contribution is -2.47. The third kappa shape index (κ3) is 1.65. The predicted molar refractivity (Wildman–Crippen MR) is 63.9 cm³/mol. The van der Waals surface area contributed by atoms with Crippen molar-refractivity contribution in [3.8, 4) is 0 Å². The van der Waals surface area contributed by atoms with E-state index >= 15 is 0 Å². The second-order valence-electron chi connectivity index (χ2n) is 5.65. The van der Waals surface area contributed by atoms with Crippen LogP contribution in [0.25, 0.3) is 0 Å². The Morgan fingerprint density at radius 3 is 2.50 bits per heavy atom. The van der Waals surface area contributed by atoms with Crippen LogP contribution in [0.1, 0.15) is 44.9 Å². The van der Waals surface area contributed by atoms with Gasteiger partial charge in [-0.15, -0.1) is 0 Å². The maximum absolute atomic E-state index is 9.16. The van der Waals surface area contributed by atoms with Gasteiger partial charge in [-0.25, -0.2) is 0 Å². The maximum atomic E-state index is 9.16. The largest absolute Gasteiger partial charge is 0.411 e. The molecule has 0 aromatic rings. The Hall–Kier alpha value is -0.570. The second-order valence-corrected chi connectivity index (χ2v) is 5.65. The summed E-state index contributed by atoms with van der Waals surface area (Å²) in [6, 6.07) is 0.685. The number of rotatable bonds is 1. The molecule has 0 amide bonds. The molecule has 3 fully saturated rings. The van der Waals surface area contributed by atoms with Crippen molar-refractivity contribution in [1.29, 1.82) is 0 Å². The van der Waals surface area contributed by atoms with Crippen LogP contribution >= 0.6 is 0 Å². The van der Waals surface area contributed by atoms with Crippen molar-refractivity contribution in [1.82, 2.24) is 4.90 Å². The summed E-state index contributed by atoms with van der Waals surface area (Å²) in [6.45, 7) is 2.54. The maximum Gasteiger partial charge on any atom is 0.0648 e. The Bertz CT molecular complexity index is 284. The molecule has 2 aliphatic carbocycles. The molecule has 2 saturated carbocycles. The van der Waals surface area contributed by atoms with Gasteiger partial charge in [-0.2, -0.15) is 0 Å². The van der Waals surface area contributed by atoms with Gasteiger partial charge in [0.2, 0.25) is 0 Å². The summed E-state index contributed by atoms with van der Waals surface area (Å²) in [5.74, 6) is 1.18. The highest BCUT2D eigenvalue weighted by atomic mass is 16.4. The van der Waals surface area contributed by atoms with Gasteiger partial charge in [0.05, 0.1) is 5.71 Å². The molecule has 0 aromatic carbocycles. The fourth-order valence-corrected chi connectivity index (χ4v) is 4.08. The van der Waals surface area contributed by atoms with Gasteiger partial charge in [-0.1, -0.05) is 11.6 Å². The molecule has 90 valence electrons. The summed E-state index contributed by atoms with van der Waals surface area (Å²) in [5.41, 5.74) is 1.13. The third-order valence-electron chi connectivity index (χ3n) is 4.87. The van der Waals surface area contributed by atoms with Gasteiger partial charge < -0.3 is 5.21 Å². The molecule has 3 rings (SSSR count). The van der Waals surface area contributed by atoms with Gasteiger partial charge in [0, 0.05) is 17.9 Å². The lowest BCUT2D eigenvalue weighted by atomic mass is 9.81. The normalized spacial score (nSPS) is 42.8. The topological polar surface area (TPSA) is 35.8 Å². The average molecular weight is 222 g/mol. The zero-order valence-corrected chi connectivity index (χ0v) is 9.94. The highest BCUT2D eigenvalue weighted by Crippen LogP contribution is 2.42. The first-order chi connectivity index (χ1) is 7.90. The molecule has 3 heteroatoms. The number of likely N-dealkylation sites (tertiary alicyclic amines) is 1. The van der Waals surface area contributed by atoms with Gasteiger partial charge in [-0.3, -0.25) is 4.90 Å². The summed E-state index contributed by atoms with van der Waals surface area (Å²) in [6.07, 6.45) is 9.21. The van der Waals surface area contributed by atoms with E-state index in [1.54, 1.807) is 0 Å². The van der Waals surface area contributed by atoms with E-state index in [1.807, 2.05) is 0 Å². The summed E-state index contributed by atoms with van der Waals surface area (Å²) in [7, 11) is 0. The van der Waals surface area contributed by atoms with Crippen LogP contribution in [0.3, 0.4) is 0 Å². The zero-order chi connectivity index (χ0) is 11.0. The Morgan fingerprint density at radius 2 is 1.75 bits per heavy atom. The first-order valence-corrected chi connectivity index (χ1v) is 6.86. The minimum Gasteiger partial charge on any atom is -0.411 e. The van der Waals surface area contributed by atoms with E-state index in [-0.39, 0.29) is 0 Å². The fraction of sp³-hybridized carbons (Fsp3) is 0.923. The average Bonchev–Trinajstić information content (AvgIpc) is 2.63. The third-order valence-corrected chi connectivity index (χ3v) is 4.87. The van der Waals surface area contributed by atoms with Gasteiger partial charge >= 0.3 is 0 Å². The van der Waals surface area contributed by atoms with Gasteiger partial charge in [0.25, 0.3) is 0 Å². The second kappa shape index (κ2) is 4.36. The van der Waals surface area contributed by atoms with E-state index in [0.29, 0.717) is 17.9 Å². The van der Waals surface area contributed by atoms with Gasteiger partial charge in [-0.05, 0) is 51.6 Å². The number of hydrogen-bond donors (Lipinski definition) is 1. The highest BCUT2D eigenvalue weighted by molar-refractivity contribution is 5.91. The molecule has 3 atom stereocenters. The van der Waals surface area contributed by atoms with Crippen molar-refractivity contribution < 1.29 is 5.21 Å². The quantitative estimate of drug-likeness (QED) is 0.546. The molecule has 1 aliphatic heterocycles. The number of piperidine rings is 1. The van der Waals surface area contributed by atoms with Crippen LogP contribution in [-0.4, -0.2) is 35.0 Å². The molecule has 0 radical (unpaired) electrons. The van der Waals surface area contributed by atoms with Crippen LogP contribution in [0.4, 0.5) is 0 Å². The fourth-order valence-electron chi connectivity index (χ4n) is 4.08. The van der Waals surface area contributed by atoms with E-state index in [1.165, 1.54) is 58.0 Å². The summed E-state index contributed by atoms with van der Waals surface area (Å²) in [5, 5.41) is 12.8. The number of oxime groups is 1. The molecule has 0 unspecified atom stereocenters. The summed E-state index contributed by atoms with van der Waals surface area (Å²) < 4.78 is 0. The lowest BCUT2D eigenvalue weighted by molar-refractivity contribution is 0.123. The van der Waals surface area contributed by atoms with Gasteiger partial charge in [0.1, 0.15) is 0 Å². The van der Waals surface area contributed by atoms with E-state index < -0.39 is 0 Å². The summed E-state index contributed by atoms with van der Waals surface area (Å²) >= 11 is 0. The van der Waals surface area contributed by atoms with Crippen LogP contribution in [-0.2, 0) is 0 Å². The molecule has 3 aliphatic rings. The van der Waals surface area contributed by atoms with Crippen LogP contribution in [0.5, 0.6) is 0 Å². The van der Waals surface area contributed by atoms with Crippen LogP contribution in [0.15, 0.2) is 5.16 Å². The summed E-state index contributed by atoms with van der Waals surface area (Å²) in [4.78, 5) is 2.67. The Balaban J connectivity index is 1.75. The Morgan fingerprint density at radius 1 is 1.00 bits per heavy atom. The SMILES string of the molecule is O/N=C1\[C@H]2CC[C@H]1[C@H](N1CCCCC1)CC2. The monoisotopic (exact) mass is 222 g/mol. The lowest BCUT2D eigenvalue weighted by Gasteiger charge is -2.40. The van der Waals surface area contributed by atoms with Crippen LogP contribution < -0.4 is 0 Å². The first kappa shape index (κ1) is 10.6. The smallest absolute Gasteiger partial charge is 0.0648 e. The van der Waals surface area contributed by atoms with Crippen molar-refractivity contribution in [2.24, 2.45) is 17.0 Å². The van der Waals surface area contributed by atoms with Crippen molar-refractivity contribution in [3.63, 3.8) is 0 Å². The van der Waals surface area contributed by atoms with E-state index in [0.717, 1.165) is 5.71 Å². The van der Waals surface area contributed by atoms with E-state index in [4.69, 9.17) is 5.21 Å². The number of nitrogens with zero attached hydrogens (tertiary/aromatic N) is 2. The molecule has 2 bridgehead atoms. The minimum absolute atomic E-state index is 0.571. The van der Waals surface area contributed by atoms with Crippen molar-refractivity contribution in [2.45, 2.75) is 51.0 Å². The number of fused-ring (bicyclic) bond motifs is 2. The Kier molecular flexibility index (Phi) is 2.88. The molecule has 0 aromatic heterocycles. The molecule has 0 spiro atoms.